The monoisotopic (exact) mass is 331 g/mol. The molecule has 0 aliphatic carbocycles. The van der Waals surface area contributed by atoms with Crippen molar-refractivity contribution in [1.29, 1.82) is 5.26 Å². The third-order valence-corrected chi connectivity index (χ3v) is 5.48. The first-order valence-corrected chi connectivity index (χ1v) is 9.41. The Labute approximate surface area is 125 Å². The van der Waals surface area contributed by atoms with Crippen LogP contribution in [0.15, 0.2) is 29.2 Å². The summed E-state index contributed by atoms with van der Waals surface area (Å²) in [6.45, 7) is 1.79. The van der Waals surface area contributed by atoms with Crippen molar-refractivity contribution in [2.24, 2.45) is 0 Å². The lowest BCUT2D eigenvalue weighted by Gasteiger charge is -2.07. The van der Waals surface area contributed by atoms with E-state index in [0.717, 1.165) is 0 Å². The minimum absolute atomic E-state index is 0.00990. The van der Waals surface area contributed by atoms with Gasteiger partial charge in [-0.15, -0.1) is 0 Å². The molecule has 21 heavy (non-hydrogen) atoms. The second-order valence-electron chi connectivity index (χ2n) is 4.19. The van der Waals surface area contributed by atoms with Crippen molar-refractivity contribution in [3.05, 3.63) is 29.8 Å². The summed E-state index contributed by atoms with van der Waals surface area (Å²) in [7, 11) is -6.95. The standard InChI is InChI=1S/C12H17N3O4S2/c1-2-20(16,17)14-7-4-8-15-21(18,19)12-6-3-5-11(9-12)10-13/h3,5-6,9,14-15H,2,4,7-8H2,1H3. The Hall–Kier alpha value is -1.47. The molecule has 0 saturated heterocycles. The maximum atomic E-state index is 12.0. The Bertz CT molecular complexity index is 721. The van der Waals surface area contributed by atoms with E-state index in [1.54, 1.807) is 0 Å². The first-order chi connectivity index (χ1) is 9.80. The number of rotatable bonds is 8. The molecule has 1 aromatic carbocycles. The van der Waals surface area contributed by atoms with Gasteiger partial charge in [-0.3, -0.25) is 0 Å². The van der Waals surface area contributed by atoms with Crippen molar-refractivity contribution in [3.63, 3.8) is 0 Å². The molecule has 0 atom stereocenters. The fourth-order valence-electron chi connectivity index (χ4n) is 1.44. The number of benzene rings is 1. The summed E-state index contributed by atoms with van der Waals surface area (Å²) in [6.07, 6.45) is 0.330. The van der Waals surface area contributed by atoms with Crippen LogP contribution in [0.3, 0.4) is 0 Å². The van der Waals surface area contributed by atoms with Gasteiger partial charge in [-0.1, -0.05) is 6.07 Å². The summed E-state index contributed by atoms with van der Waals surface area (Å²) in [5.74, 6) is -0.0142. The van der Waals surface area contributed by atoms with E-state index in [-0.39, 0.29) is 29.3 Å². The van der Waals surface area contributed by atoms with Gasteiger partial charge in [0.1, 0.15) is 0 Å². The average Bonchev–Trinajstić information content (AvgIpc) is 2.46. The molecule has 9 heteroatoms. The molecule has 7 nitrogen and oxygen atoms in total. The number of sulfonamides is 2. The fourth-order valence-corrected chi connectivity index (χ4v) is 3.22. The summed E-state index contributed by atoms with van der Waals surface area (Å²) < 4.78 is 51.0. The van der Waals surface area contributed by atoms with Crippen molar-refractivity contribution < 1.29 is 16.8 Å². The molecule has 0 unspecified atom stereocenters. The molecule has 0 radical (unpaired) electrons. The summed E-state index contributed by atoms with van der Waals surface area (Å²) in [6, 6.07) is 7.54. The van der Waals surface area contributed by atoms with E-state index in [2.05, 4.69) is 9.44 Å². The van der Waals surface area contributed by atoms with Gasteiger partial charge in [-0.05, 0) is 31.5 Å². The quantitative estimate of drug-likeness (QED) is 0.659. The summed E-state index contributed by atoms with van der Waals surface area (Å²) in [5, 5.41) is 8.74. The van der Waals surface area contributed by atoms with Crippen LogP contribution in [0.1, 0.15) is 18.9 Å². The minimum atomic E-state index is -3.69. The SMILES string of the molecule is CCS(=O)(=O)NCCCNS(=O)(=O)c1cccc(C#N)c1. The van der Waals surface area contributed by atoms with Crippen LogP contribution in [0.4, 0.5) is 0 Å². The van der Waals surface area contributed by atoms with E-state index in [0.29, 0.717) is 6.42 Å². The summed E-state index contributed by atoms with van der Waals surface area (Å²) in [5.41, 5.74) is 0.258. The highest BCUT2D eigenvalue weighted by molar-refractivity contribution is 7.89. The second-order valence-corrected chi connectivity index (χ2v) is 8.05. The molecule has 116 valence electrons. The summed E-state index contributed by atoms with van der Waals surface area (Å²) in [4.78, 5) is 0.00990. The molecule has 0 aliphatic rings. The van der Waals surface area contributed by atoms with Crippen LogP contribution in [0.5, 0.6) is 0 Å². The molecule has 1 aromatic rings. The van der Waals surface area contributed by atoms with Crippen molar-refractivity contribution >= 4 is 20.0 Å². The molecular weight excluding hydrogens is 314 g/mol. The molecule has 0 fully saturated rings. The van der Waals surface area contributed by atoms with Gasteiger partial charge < -0.3 is 0 Å². The van der Waals surface area contributed by atoms with Gasteiger partial charge in [0.05, 0.1) is 22.3 Å². The maximum absolute atomic E-state index is 12.0. The molecule has 0 saturated carbocycles. The Morgan fingerprint density at radius 2 is 1.81 bits per heavy atom. The van der Waals surface area contributed by atoms with Gasteiger partial charge in [0.25, 0.3) is 0 Å². The molecule has 2 N–H and O–H groups in total. The lowest BCUT2D eigenvalue weighted by molar-refractivity contribution is 0.573. The predicted octanol–water partition coefficient (Wildman–Crippen LogP) is 0.166. The van der Waals surface area contributed by atoms with Crippen molar-refractivity contribution in [3.8, 4) is 6.07 Å². The molecule has 0 bridgehead atoms. The van der Waals surface area contributed by atoms with Gasteiger partial charge >= 0.3 is 0 Å². The number of hydrogen-bond acceptors (Lipinski definition) is 5. The van der Waals surface area contributed by atoms with Crippen molar-refractivity contribution in [1.82, 2.24) is 9.44 Å². The first-order valence-electron chi connectivity index (χ1n) is 6.28. The lowest BCUT2D eigenvalue weighted by Crippen LogP contribution is -2.30. The van der Waals surface area contributed by atoms with Crippen LogP contribution in [0.25, 0.3) is 0 Å². The first kappa shape index (κ1) is 17.6. The van der Waals surface area contributed by atoms with Crippen LogP contribution in [-0.4, -0.2) is 35.7 Å². The van der Waals surface area contributed by atoms with Crippen LogP contribution in [0, 0.1) is 11.3 Å². The van der Waals surface area contributed by atoms with Gasteiger partial charge in [-0.25, -0.2) is 26.3 Å². The smallest absolute Gasteiger partial charge is 0.215 e. The zero-order valence-electron chi connectivity index (χ0n) is 11.5. The van der Waals surface area contributed by atoms with Crippen LogP contribution < -0.4 is 9.44 Å². The third-order valence-electron chi connectivity index (χ3n) is 2.62. The molecular formula is C12H17N3O4S2. The van der Waals surface area contributed by atoms with E-state index >= 15 is 0 Å². The topological polar surface area (TPSA) is 116 Å². The van der Waals surface area contributed by atoms with Crippen molar-refractivity contribution in [2.45, 2.75) is 18.2 Å². The van der Waals surface area contributed by atoms with E-state index in [4.69, 9.17) is 5.26 Å². The van der Waals surface area contributed by atoms with Crippen LogP contribution in [-0.2, 0) is 20.0 Å². The maximum Gasteiger partial charge on any atom is 0.240 e. The largest absolute Gasteiger partial charge is 0.240 e. The molecule has 0 heterocycles. The molecule has 1 rings (SSSR count). The van der Waals surface area contributed by atoms with Crippen molar-refractivity contribution in [2.75, 3.05) is 18.8 Å². The van der Waals surface area contributed by atoms with Crippen LogP contribution in [0.2, 0.25) is 0 Å². The van der Waals surface area contributed by atoms with E-state index in [9.17, 15) is 16.8 Å². The molecule has 0 amide bonds. The molecule has 0 aromatic heterocycles. The highest BCUT2D eigenvalue weighted by atomic mass is 32.2. The zero-order valence-corrected chi connectivity index (χ0v) is 13.2. The number of nitriles is 1. The minimum Gasteiger partial charge on any atom is -0.215 e. The predicted molar refractivity (Wildman–Crippen MR) is 78.4 cm³/mol. The Morgan fingerprint density at radius 3 is 2.43 bits per heavy atom. The highest BCUT2D eigenvalue weighted by Crippen LogP contribution is 2.10. The lowest BCUT2D eigenvalue weighted by atomic mass is 10.2. The summed E-state index contributed by atoms with van der Waals surface area (Å²) >= 11 is 0. The van der Waals surface area contributed by atoms with E-state index in [1.165, 1.54) is 31.2 Å². The van der Waals surface area contributed by atoms with E-state index in [1.807, 2.05) is 6.07 Å². The third kappa shape index (κ3) is 5.81. The number of nitrogens with one attached hydrogen (secondary N) is 2. The van der Waals surface area contributed by atoms with Gasteiger partial charge in [0.2, 0.25) is 20.0 Å². The van der Waals surface area contributed by atoms with Gasteiger partial charge in [0, 0.05) is 13.1 Å². The van der Waals surface area contributed by atoms with Gasteiger partial charge in [0.15, 0.2) is 0 Å². The normalized spacial score (nSPS) is 12.0. The highest BCUT2D eigenvalue weighted by Gasteiger charge is 2.13. The molecule has 0 spiro atoms. The van der Waals surface area contributed by atoms with Gasteiger partial charge in [-0.2, -0.15) is 5.26 Å². The molecule has 0 aliphatic heterocycles. The average molecular weight is 331 g/mol. The Morgan fingerprint density at radius 1 is 1.14 bits per heavy atom. The van der Waals surface area contributed by atoms with E-state index < -0.39 is 20.0 Å². The fraction of sp³-hybridized carbons (Fsp3) is 0.417. The number of hydrogen-bond donors (Lipinski definition) is 2. The zero-order chi connectivity index (χ0) is 15.9. The Balaban J connectivity index is 2.53. The van der Waals surface area contributed by atoms with Crippen LogP contribution >= 0.6 is 0 Å². The Kier molecular flexibility index (Phi) is 6.29. The second kappa shape index (κ2) is 7.51. The number of nitrogens with zero attached hydrogens (tertiary/aromatic N) is 1.